The van der Waals surface area contributed by atoms with E-state index >= 15 is 0 Å². The van der Waals surface area contributed by atoms with Gasteiger partial charge in [0.1, 0.15) is 17.3 Å². The zero-order valence-corrected chi connectivity index (χ0v) is 10.6. The van der Waals surface area contributed by atoms with Crippen LogP contribution in [0.2, 0.25) is 0 Å². The fraction of sp³-hybridized carbons (Fsp3) is 0.0833. The van der Waals surface area contributed by atoms with E-state index in [0.29, 0.717) is 21.9 Å². The molecule has 1 heterocycles. The Labute approximate surface area is 106 Å². The molecule has 0 saturated carbocycles. The second-order valence-corrected chi connectivity index (χ2v) is 4.07. The first-order valence-corrected chi connectivity index (χ1v) is 5.61. The number of rotatable bonds is 3. The lowest BCUT2D eigenvalue weighted by atomic mass is 10.3. The standard InChI is InChI=1S/C12H9BrFNO2/c1-16-9-3-5-12(15-7-9)17-11-4-2-8(14)6-10(11)13/h2-7H,1H3. The van der Waals surface area contributed by atoms with Crippen molar-refractivity contribution < 1.29 is 13.9 Å². The summed E-state index contributed by atoms with van der Waals surface area (Å²) in [7, 11) is 1.56. The molecule has 0 radical (unpaired) electrons. The predicted molar refractivity (Wildman–Crippen MR) is 65.0 cm³/mol. The summed E-state index contributed by atoms with van der Waals surface area (Å²) in [6.07, 6.45) is 1.55. The minimum Gasteiger partial charge on any atom is -0.495 e. The number of halogens is 2. The number of ether oxygens (including phenoxy) is 2. The van der Waals surface area contributed by atoms with Crippen LogP contribution in [0, 0.1) is 5.82 Å². The van der Waals surface area contributed by atoms with E-state index < -0.39 is 0 Å². The van der Waals surface area contributed by atoms with Crippen molar-refractivity contribution in [2.24, 2.45) is 0 Å². The van der Waals surface area contributed by atoms with Gasteiger partial charge in [0.2, 0.25) is 5.88 Å². The molecule has 2 rings (SSSR count). The van der Waals surface area contributed by atoms with Gasteiger partial charge < -0.3 is 9.47 Å². The van der Waals surface area contributed by atoms with Crippen LogP contribution in [0.5, 0.6) is 17.4 Å². The van der Waals surface area contributed by atoms with Crippen LogP contribution < -0.4 is 9.47 Å². The zero-order chi connectivity index (χ0) is 12.3. The van der Waals surface area contributed by atoms with Gasteiger partial charge >= 0.3 is 0 Å². The van der Waals surface area contributed by atoms with Gasteiger partial charge in [-0.15, -0.1) is 0 Å². The molecule has 0 amide bonds. The summed E-state index contributed by atoms with van der Waals surface area (Å²) < 4.78 is 23.9. The number of pyridine rings is 1. The maximum Gasteiger partial charge on any atom is 0.219 e. The molecule has 3 nitrogen and oxygen atoms in total. The average molecular weight is 298 g/mol. The Morgan fingerprint density at radius 2 is 2.06 bits per heavy atom. The van der Waals surface area contributed by atoms with Crippen molar-refractivity contribution in [3.8, 4) is 17.4 Å². The first kappa shape index (κ1) is 11.9. The molecule has 2 aromatic rings. The lowest BCUT2D eigenvalue weighted by Gasteiger charge is -2.07. The van der Waals surface area contributed by atoms with Crippen LogP contribution >= 0.6 is 15.9 Å². The van der Waals surface area contributed by atoms with Crippen LogP contribution in [0.3, 0.4) is 0 Å². The highest BCUT2D eigenvalue weighted by Gasteiger charge is 2.05. The first-order valence-electron chi connectivity index (χ1n) is 4.82. The van der Waals surface area contributed by atoms with Gasteiger partial charge in [-0.05, 0) is 40.2 Å². The van der Waals surface area contributed by atoms with E-state index in [2.05, 4.69) is 20.9 Å². The Bertz CT molecular complexity index is 516. The van der Waals surface area contributed by atoms with Gasteiger partial charge in [0.25, 0.3) is 0 Å². The number of methoxy groups -OCH3 is 1. The van der Waals surface area contributed by atoms with Crippen LogP contribution in [0.25, 0.3) is 0 Å². The maximum absolute atomic E-state index is 12.9. The highest BCUT2D eigenvalue weighted by atomic mass is 79.9. The largest absolute Gasteiger partial charge is 0.495 e. The Morgan fingerprint density at radius 1 is 1.24 bits per heavy atom. The summed E-state index contributed by atoms with van der Waals surface area (Å²) in [5.74, 6) is 1.24. The minimum absolute atomic E-state index is 0.327. The third kappa shape index (κ3) is 2.94. The lowest BCUT2D eigenvalue weighted by Crippen LogP contribution is -1.90. The van der Waals surface area contributed by atoms with Crippen molar-refractivity contribution in [2.45, 2.75) is 0 Å². The smallest absolute Gasteiger partial charge is 0.219 e. The first-order chi connectivity index (χ1) is 8.19. The fourth-order valence-electron chi connectivity index (χ4n) is 1.22. The van der Waals surface area contributed by atoms with Crippen molar-refractivity contribution in [3.05, 3.63) is 46.8 Å². The Kier molecular flexibility index (Phi) is 3.58. The summed E-state index contributed by atoms with van der Waals surface area (Å²) in [4.78, 5) is 4.05. The van der Waals surface area contributed by atoms with Gasteiger partial charge in [-0.2, -0.15) is 0 Å². The van der Waals surface area contributed by atoms with Crippen LogP contribution in [-0.2, 0) is 0 Å². The number of hydrogen-bond donors (Lipinski definition) is 0. The van der Waals surface area contributed by atoms with Gasteiger partial charge in [0.15, 0.2) is 0 Å². The van der Waals surface area contributed by atoms with Gasteiger partial charge in [-0.25, -0.2) is 9.37 Å². The van der Waals surface area contributed by atoms with E-state index in [0.717, 1.165) is 0 Å². The third-order valence-electron chi connectivity index (χ3n) is 2.05. The molecule has 0 saturated heterocycles. The molecule has 0 aliphatic rings. The minimum atomic E-state index is -0.327. The third-order valence-corrected chi connectivity index (χ3v) is 2.67. The van der Waals surface area contributed by atoms with Crippen molar-refractivity contribution in [1.29, 1.82) is 0 Å². The number of hydrogen-bond acceptors (Lipinski definition) is 3. The lowest BCUT2D eigenvalue weighted by molar-refractivity contribution is 0.407. The molecule has 0 unspecified atom stereocenters. The molecule has 0 N–H and O–H groups in total. The van der Waals surface area contributed by atoms with E-state index in [1.165, 1.54) is 18.2 Å². The second-order valence-electron chi connectivity index (χ2n) is 3.21. The molecule has 0 bridgehead atoms. The van der Waals surface area contributed by atoms with Gasteiger partial charge in [-0.1, -0.05) is 0 Å². The monoisotopic (exact) mass is 297 g/mol. The van der Waals surface area contributed by atoms with Crippen molar-refractivity contribution >= 4 is 15.9 Å². The normalized spacial score (nSPS) is 10.1. The van der Waals surface area contributed by atoms with E-state index in [1.54, 1.807) is 25.4 Å². The average Bonchev–Trinajstić information content (AvgIpc) is 2.34. The van der Waals surface area contributed by atoms with Crippen LogP contribution in [-0.4, -0.2) is 12.1 Å². The summed E-state index contributed by atoms with van der Waals surface area (Å²) in [5, 5.41) is 0. The summed E-state index contributed by atoms with van der Waals surface area (Å²) >= 11 is 3.22. The molecule has 0 aliphatic carbocycles. The Morgan fingerprint density at radius 3 is 2.65 bits per heavy atom. The quantitative estimate of drug-likeness (QED) is 0.864. The van der Waals surface area contributed by atoms with Gasteiger partial charge in [0, 0.05) is 6.07 Å². The van der Waals surface area contributed by atoms with E-state index in [9.17, 15) is 4.39 Å². The summed E-state index contributed by atoms with van der Waals surface area (Å²) in [5.41, 5.74) is 0. The maximum atomic E-state index is 12.9. The Hall–Kier alpha value is -1.62. The van der Waals surface area contributed by atoms with Gasteiger partial charge in [-0.3, -0.25) is 0 Å². The molecule has 1 aromatic carbocycles. The molecule has 0 fully saturated rings. The van der Waals surface area contributed by atoms with Crippen molar-refractivity contribution in [3.63, 3.8) is 0 Å². The van der Waals surface area contributed by atoms with Gasteiger partial charge in [0.05, 0.1) is 17.8 Å². The van der Waals surface area contributed by atoms with Crippen LogP contribution in [0.1, 0.15) is 0 Å². The van der Waals surface area contributed by atoms with E-state index in [1.807, 2.05) is 0 Å². The number of nitrogens with zero attached hydrogens (tertiary/aromatic N) is 1. The summed E-state index contributed by atoms with van der Waals surface area (Å²) in [6.45, 7) is 0. The van der Waals surface area contributed by atoms with Crippen molar-refractivity contribution in [1.82, 2.24) is 4.98 Å². The molecular weight excluding hydrogens is 289 g/mol. The molecule has 88 valence electrons. The van der Waals surface area contributed by atoms with Crippen LogP contribution in [0.15, 0.2) is 41.0 Å². The van der Waals surface area contributed by atoms with E-state index in [4.69, 9.17) is 9.47 Å². The zero-order valence-electron chi connectivity index (χ0n) is 8.98. The second kappa shape index (κ2) is 5.14. The molecule has 0 spiro atoms. The predicted octanol–water partition coefficient (Wildman–Crippen LogP) is 3.78. The Balaban J connectivity index is 2.19. The highest BCUT2D eigenvalue weighted by Crippen LogP contribution is 2.29. The topological polar surface area (TPSA) is 31.4 Å². The highest BCUT2D eigenvalue weighted by molar-refractivity contribution is 9.10. The number of benzene rings is 1. The molecular formula is C12H9BrFNO2. The van der Waals surface area contributed by atoms with Crippen LogP contribution in [0.4, 0.5) is 4.39 Å². The number of aromatic nitrogens is 1. The SMILES string of the molecule is COc1ccc(Oc2ccc(F)cc2Br)nc1. The molecule has 0 aliphatic heterocycles. The molecule has 1 aromatic heterocycles. The van der Waals surface area contributed by atoms with E-state index in [-0.39, 0.29) is 5.82 Å². The molecule has 17 heavy (non-hydrogen) atoms. The molecule has 5 heteroatoms. The van der Waals surface area contributed by atoms with Crippen molar-refractivity contribution in [2.75, 3.05) is 7.11 Å². The molecule has 0 atom stereocenters. The fourth-order valence-corrected chi connectivity index (χ4v) is 1.65. The summed E-state index contributed by atoms with van der Waals surface area (Å²) in [6, 6.07) is 7.60.